The zero-order chi connectivity index (χ0) is 18.8. The van der Waals surface area contributed by atoms with Crippen LogP contribution in [0.4, 0.5) is 17.2 Å². The fourth-order valence-electron chi connectivity index (χ4n) is 2.64. The summed E-state index contributed by atoms with van der Waals surface area (Å²) in [6.07, 6.45) is -1.04. The standard InChI is InChI=1S/C17H16N4O5/c1-10-7-8-14(16(18-10)21(24)25)26-11(2)17(23)20-9-15(22)19-12-5-3-4-6-13(12)20/h3-8,11H,9H2,1-2H3,(H,19,22)/t11-/m1/s1. The molecule has 0 fully saturated rings. The number of anilines is 2. The number of nitrogens with zero attached hydrogens (tertiary/aromatic N) is 3. The number of ether oxygens (including phenoxy) is 1. The van der Waals surface area contributed by atoms with Crippen LogP contribution in [0.25, 0.3) is 0 Å². The van der Waals surface area contributed by atoms with E-state index in [1.54, 1.807) is 37.3 Å². The zero-order valence-corrected chi connectivity index (χ0v) is 14.1. The molecule has 0 radical (unpaired) electrons. The van der Waals surface area contributed by atoms with Crippen molar-refractivity contribution in [2.45, 2.75) is 20.0 Å². The Morgan fingerprint density at radius 2 is 2.08 bits per heavy atom. The summed E-state index contributed by atoms with van der Waals surface area (Å²) in [5, 5.41) is 13.8. The summed E-state index contributed by atoms with van der Waals surface area (Å²) in [4.78, 5) is 40.3. The predicted octanol–water partition coefficient (Wildman–Crippen LogP) is 2.05. The maximum absolute atomic E-state index is 12.8. The summed E-state index contributed by atoms with van der Waals surface area (Å²) in [7, 11) is 0. The number of fused-ring (bicyclic) bond motifs is 1. The van der Waals surface area contributed by atoms with Gasteiger partial charge in [0.15, 0.2) is 6.10 Å². The lowest BCUT2D eigenvalue weighted by Gasteiger charge is -2.30. The second-order valence-electron chi connectivity index (χ2n) is 5.78. The normalized spacial score (nSPS) is 14.2. The van der Waals surface area contributed by atoms with Gasteiger partial charge in [-0.25, -0.2) is 0 Å². The van der Waals surface area contributed by atoms with Gasteiger partial charge in [-0.3, -0.25) is 14.5 Å². The first-order chi connectivity index (χ1) is 12.4. The van der Waals surface area contributed by atoms with Crippen molar-refractivity contribution in [1.29, 1.82) is 0 Å². The van der Waals surface area contributed by atoms with Gasteiger partial charge in [0.25, 0.3) is 5.91 Å². The van der Waals surface area contributed by atoms with E-state index in [1.165, 1.54) is 17.9 Å². The van der Waals surface area contributed by atoms with Crippen LogP contribution in [0, 0.1) is 17.0 Å². The Hall–Kier alpha value is -3.49. The van der Waals surface area contributed by atoms with Crippen molar-refractivity contribution < 1.29 is 19.2 Å². The van der Waals surface area contributed by atoms with E-state index in [4.69, 9.17) is 4.74 Å². The van der Waals surface area contributed by atoms with Crippen molar-refractivity contribution in [2.24, 2.45) is 0 Å². The van der Waals surface area contributed by atoms with Crippen molar-refractivity contribution in [3.8, 4) is 5.75 Å². The van der Waals surface area contributed by atoms with Crippen LogP contribution in [0.1, 0.15) is 12.6 Å². The molecule has 0 aliphatic carbocycles. The molecule has 0 bridgehead atoms. The monoisotopic (exact) mass is 356 g/mol. The van der Waals surface area contributed by atoms with Crippen LogP contribution < -0.4 is 15.0 Å². The molecule has 1 aromatic carbocycles. The van der Waals surface area contributed by atoms with Gasteiger partial charge in [-0.1, -0.05) is 12.1 Å². The lowest BCUT2D eigenvalue weighted by molar-refractivity contribution is -0.390. The predicted molar refractivity (Wildman–Crippen MR) is 93.1 cm³/mol. The molecule has 9 heteroatoms. The summed E-state index contributed by atoms with van der Waals surface area (Å²) in [6.45, 7) is 2.94. The Kier molecular flexibility index (Phi) is 4.53. The van der Waals surface area contributed by atoms with Gasteiger partial charge in [-0.15, -0.1) is 0 Å². The van der Waals surface area contributed by atoms with E-state index in [2.05, 4.69) is 10.3 Å². The van der Waals surface area contributed by atoms with Crippen molar-refractivity contribution in [3.05, 3.63) is 52.2 Å². The molecule has 1 aliphatic rings. The fourth-order valence-corrected chi connectivity index (χ4v) is 2.64. The van der Waals surface area contributed by atoms with Crippen LogP contribution in [-0.2, 0) is 9.59 Å². The Balaban J connectivity index is 1.85. The molecule has 1 aliphatic heterocycles. The minimum atomic E-state index is -1.04. The van der Waals surface area contributed by atoms with Crippen molar-refractivity contribution in [3.63, 3.8) is 0 Å². The first kappa shape index (κ1) is 17.3. The second kappa shape index (κ2) is 6.79. The lowest BCUT2D eigenvalue weighted by Crippen LogP contribution is -2.47. The van der Waals surface area contributed by atoms with E-state index in [9.17, 15) is 19.7 Å². The Morgan fingerprint density at radius 3 is 2.81 bits per heavy atom. The smallest absolute Gasteiger partial charge is 0.406 e. The van der Waals surface area contributed by atoms with Gasteiger partial charge in [0.2, 0.25) is 11.7 Å². The molecule has 2 amide bonds. The van der Waals surface area contributed by atoms with E-state index >= 15 is 0 Å². The molecule has 2 heterocycles. The van der Waals surface area contributed by atoms with Crippen molar-refractivity contribution >= 4 is 29.0 Å². The fraction of sp³-hybridized carbons (Fsp3) is 0.235. The number of carbonyl (C=O) groups excluding carboxylic acids is 2. The molecule has 0 unspecified atom stereocenters. The minimum Gasteiger partial charge on any atom is -0.473 e. The molecule has 26 heavy (non-hydrogen) atoms. The van der Waals surface area contributed by atoms with E-state index < -0.39 is 22.8 Å². The number of hydrogen-bond acceptors (Lipinski definition) is 6. The number of aryl methyl sites for hydroxylation is 1. The Bertz CT molecular complexity index is 898. The number of nitrogens with one attached hydrogen (secondary N) is 1. The third-order valence-electron chi connectivity index (χ3n) is 3.84. The SMILES string of the molecule is Cc1ccc(O[C@H](C)C(=O)N2CC(=O)Nc3ccccc32)c([N+](=O)[O-])n1. The molecular formula is C17H16N4O5. The first-order valence-corrected chi connectivity index (χ1v) is 7.86. The van der Waals surface area contributed by atoms with Crippen LogP contribution in [-0.4, -0.2) is 34.4 Å². The minimum absolute atomic E-state index is 0.101. The van der Waals surface area contributed by atoms with Gasteiger partial charge >= 0.3 is 5.82 Å². The molecule has 0 saturated heterocycles. The summed E-state index contributed by atoms with van der Waals surface area (Å²) < 4.78 is 5.50. The van der Waals surface area contributed by atoms with Crippen LogP contribution in [0.5, 0.6) is 5.75 Å². The molecule has 0 saturated carbocycles. The van der Waals surface area contributed by atoms with Gasteiger partial charge in [0.05, 0.1) is 11.4 Å². The molecule has 9 nitrogen and oxygen atoms in total. The number of carbonyl (C=O) groups is 2. The summed E-state index contributed by atoms with van der Waals surface area (Å²) >= 11 is 0. The lowest BCUT2D eigenvalue weighted by atomic mass is 10.1. The first-order valence-electron chi connectivity index (χ1n) is 7.86. The summed E-state index contributed by atoms with van der Waals surface area (Å²) in [5.41, 5.74) is 1.53. The maximum atomic E-state index is 12.8. The number of para-hydroxylation sites is 2. The number of aromatic nitrogens is 1. The number of hydrogen-bond donors (Lipinski definition) is 1. The third kappa shape index (κ3) is 3.32. The van der Waals surface area contributed by atoms with E-state index in [0.717, 1.165) is 0 Å². The average molecular weight is 356 g/mol. The van der Waals surface area contributed by atoms with Crippen molar-refractivity contribution in [1.82, 2.24) is 4.98 Å². The quantitative estimate of drug-likeness (QED) is 0.662. The Morgan fingerprint density at radius 1 is 1.35 bits per heavy atom. The van der Waals surface area contributed by atoms with Crippen LogP contribution in [0.2, 0.25) is 0 Å². The highest BCUT2D eigenvalue weighted by Gasteiger charge is 2.31. The van der Waals surface area contributed by atoms with Gasteiger partial charge in [-0.2, -0.15) is 0 Å². The maximum Gasteiger partial charge on any atom is 0.406 e. The zero-order valence-electron chi connectivity index (χ0n) is 14.1. The molecule has 1 atom stereocenters. The Labute approximate surface area is 148 Å². The molecule has 1 N–H and O–H groups in total. The van der Waals surface area contributed by atoms with Crippen molar-refractivity contribution in [2.75, 3.05) is 16.8 Å². The van der Waals surface area contributed by atoms with Gasteiger partial charge in [-0.05, 0) is 41.1 Å². The number of amides is 2. The number of rotatable bonds is 4. The van der Waals surface area contributed by atoms with Gasteiger partial charge < -0.3 is 20.2 Å². The number of nitro groups is 1. The molecule has 2 aromatic rings. The average Bonchev–Trinajstić information content (AvgIpc) is 2.61. The second-order valence-corrected chi connectivity index (χ2v) is 5.78. The van der Waals surface area contributed by atoms with E-state index in [0.29, 0.717) is 17.1 Å². The third-order valence-corrected chi connectivity index (χ3v) is 3.84. The van der Waals surface area contributed by atoms with E-state index in [-0.39, 0.29) is 18.2 Å². The van der Waals surface area contributed by atoms with Crippen LogP contribution >= 0.6 is 0 Å². The molecule has 1 aromatic heterocycles. The van der Waals surface area contributed by atoms with Crippen LogP contribution in [0.3, 0.4) is 0 Å². The topological polar surface area (TPSA) is 115 Å². The summed E-state index contributed by atoms with van der Waals surface area (Å²) in [6, 6.07) is 9.84. The van der Waals surface area contributed by atoms with Gasteiger partial charge in [0, 0.05) is 6.92 Å². The number of pyridine rings is 1. The number of benzene rings is 1. The summed E-state index contributed by atoms with van der Waals surface area (Å²) in [5.74, 6) is -1.37. The highest BCUT2D eigenvalue weighted by molar-refractivity contribution is 6.10. The van der Waals surface area contributed by atoms with E-state index in [1.807, 2.05) is 0 Å². The molecule has 134 valence electrons. The molecule has 3 rings (SSSR count). The highest BCUT2D eigenvalue weighted by Crippen LogP contribution is 2.31. The highest BCUT2D eigenvalue weighted by atomic mass is 16.6. The molecular weight excluding hydrogens is 340 g/mol. The van der Waals surface area contributed by atoms with Crippen LogP contribution in [0.15, 0.2) is 36.4 Å². The van der Waals surface area contributed by atoms with Gasteiger partial charge in [0.1, 0.15) is 12.2 Å². The largest absolute Gasteiger partial charge is 0.473 e. The molecule has 0 spiro atoms.